The molecule has 3 aromatic rings. The van der Waals surface area contributed by atoms with Crippen LogP contribution in [0, 0.1) is 0 Å². The van der Waals surface area contributed by atoms with Gasteiger partial charge in [-0.1, -0.05) is 30.0 Å². The van der Waals surface area contributed by atoms with Gasteiger partial charge in [-0.2, -0.15) is 13.2 Å². The number of halogens is 3. The number of anilines is 1. The number of thioether (sulfide) groups is 1. The number of carbonyl (C=O) groups is 2. The van der Waals surface area contributed by atoms with Crippen LogP contribution in [0.2, 0.25) is 0 Å². The molecule has 7 nitrogen and oxygen atoms in total. The number of hydrogen-bond donors (Lipinski definition) is 2. The highest BCUT2D eigenvalue weighted by Gasteiger charge is 2.33. The van der Waals surface area contributed by atoms with Gasteiger partial charge < -0.3 is 15.6 Å². The number of thiophene rings is 1. The first kappa shape index (κ1) is 21.8. The molecule has 0 bridgehead atoms. The van der Waals surface area contributed by atoms with Crippen LogP contribution in [0.3, 0.4) is 0 Å². The molecule has 0 unspecified atom stereocenters. The molecule has 0 saturated carbocycles. The summed E-state index contributed by atoms with van der Waals surface area (Å²) in [7, 11) is 0. The van der Waals surface area contributed by atoms with Gasteiger partial charge in [-0.05, 0) is 23.6 Å². The molecule has 0 aliphatic heterocycles. The Morgan fingerprint density at radius 3 is 2.60 bits per heavy atom. The fraction of sp³-hybridized carbons (Fsp3) is 0.222. The first-order valence-electron chi connectivity index (χ1n) is 8.60. The van der Waals surface area contributed by atoms with Crippen LogP contribution in [-0.2, 0) is 22.3 Å². The van der Waals surface area contributed by atoms with Crippen molar-refractivity contribution in [2.45, 2.75) is 24.3 Å². The first-order chi connectivity index (χ1) is 14.3. The van der Waals surface area contributed by atoms with E-state index in [0.717, 1.165) is 22.7 Å². The van der Waals surface area contributed by atoms with Gasteiger partial charge in [0.1, 0.15) is 0 Å². The van der Waals surface area contributed by atoms with E-state index < -0.39 is 23.6 Å². The van der Waals surface area contributed by atoms with Crippen molar-refractivity contribution >= 4 is 40.6 Å². The summed E-state index contributed by atoms with van der Waals surface area (Å²) in [6, 6.07) is 8.43. The van der Waals surface area contributed by atoms with Crippen molar-refractivity contribution in [2.75, 3.05) is 11.1 Å². The second-order valence-electron chi connectivity index (χ2n) is 6.03. The van der Waals surface area contributed by atoms with Crippen molar-refractivity contribution in [1.29, 1.82) is 0 Å². The van der Waals surface area contributed by atoms with Crippen molar-refractivity contribution in [3.05, 3.63) is 47.3 Å². The third kappa shape index (κ3) is 5.39. The minimum atomic E-state index is -4.58. The Morgan fingerprint density at radius 2 is 1.93 bits per heavy atom. The molecule has 2 amide bonds. The second-order valence-corrected chi connectivity index (χ2v) is 7.92. The molecule has 0 spiro atoms. The number of primary amides is 1. The van der Waals surface area contributed by atoms with Gasteiger partial charge in [-0.3, -0.25) is 9.59 Å². The van der Waals surface area contributed by atoms with Gasteiger partial charge in [0, 0.05) is 13.0 Å². The highest BCUT2D eigenvalue weighted by Crippen LogP contribution is 2.34. The number of carbonyl (C=O) groups excluding carboxylic acids is 2. The number of benzene rings is 1. The van der Waals surface area contributed by atoms with Gasteiger partial charge >= 0.3 is 6.18 Å². The molecule has 2 heterocycles. The van der Waals surface area contributed by atoms with E-state index in [1.165, 1.54) is 29.5 Å². The van der Waals surface area contributed by atoms with Gasteiger partial charge in [0.25, 0.3) is 0 Å². The summed E-state index contributed by atoms with van der Waals surface area (Å²) in [6.45, 7) is 0.219. The van der Waals surface area contributed by atoms with Crippen LogP contribution < -0.4 is 11.1 Å². The van der Waals surface area contributed by atoms with Crippen LogP contribution in [0.15, 0.2) is 46.9 Å². The van der Waals surface area contributed by atoms with E-state index in [0.29, 0.717) is 11.0 Å². The molecular formula is C18H16F3N5O2S2. The smallest absolute Gasteiger partial charge is 0.370 e. The van der Waals surface area contributed by atoms with Gasteiger partial charge in [0.2, 0.25) is 11.8 Å². The number of nitrogens with one attached hydrogen (secondary N) is 1. The zero-order valence-corrected chi connectivity index (χ0v) is 17.0. The van der Waals surface area contributed by atoms with Gasteiger partial charge in [0.15, 0.2) is 11.0 Å². The Labute approximate surface area is 177 Å². The quantitative estimate of drug-likeness (QED) is 0.505. The molecule has 2 aromatic heterocycles. The number of rotatable bonds is 8. The first-order valence-corrected chi connectivity index (χ1v) is 10.5. The van der Waals surface area contributed by atoms with Crippen molar-refractivity contribution < 1.29 is 22.8 Å². The summed E-state index contributed by atoms with van der Waals surface area (Å²) in [5.74, 6) is -0.792. The summed E-state index contributed by atoms with van der Waals surface area (Å²) in [4.78, 5) is 24.3. The van der Waals surface area contributed by atoms with Gasteiger partial charge in [-0.25, -0.2) is 0 Å². The fourth-order valence-electron chi connectivity index (χ4n) is 2.56. The van der Waals surface area contributed by atoms with Crippen molar-refractivity contribution in [3.63, 3.8) is 0 Å². The normalized spacial score (nSPS) is 11.4. The molecule has 12 heteroatoms. The largest absolute Gasteiger partial charge is 0.418 e. The highest BCUT2D eigenvalue weighted by molar-refractivity contribution is 7.99. The van der Waals surface area contributed by atoms with E-state index in [4.69, 9.17) is 5.73 Å². The summed E-state index contributed by atoms with van der Waals surface area (Å²) in [5, 5.41) is 12.7. The molecule has 0 fully saturated rings. The molecule has 0 aliphatic rings. The Morgan fingerprint density at radius 1 is 1.17 bits per heavy atom. The van der Waals surface area contributed by atoms with E-state index >= 15 is 0 Å². The maximum absolute atomic E-state index is 13.1. The minimum absolute atomic E-state index is 0.0507. The Bertz CT molecular complexity index is 1030. The molecule has 0 aliphatic carbocycles. The lowest BCUT2D eigenvalue weighted by atomic mass is 10.1. The van der Waals surface area contributed by atoms with E-state index in [-0.39, 0.29) is 24.4 Å². The zero-order chi connectivity index (χ0) is 21.7. The predicted molar refractivity (Wildman–Crippen MR) is 108 cm³/mol. The Balaban J connectivity index is 1.73. The maximum atomic E-state index is 13.1. The summed E-state index contributed by atoms with van der Waals surface area (Å²) in [5.41, 5.74) is 3.99. The third-order valence-electron chi connectivity index (χ3n) is 3.88. The van der Waals surface area contributed by atoms with Crippen LogP contribution in [-0.4, -0.2) is 32.3 Å². The molecule has 0 atom stereocenters. The molecule has 158 valence electrons. The lowest BCUT2D eigenvalue weighted by Crippen LogP contribution is -2.18. The van der Waals surface area contributed by atoms with Crippen molar-refractivity contribution in [2.24, 2.45) is 5.73 Å². The average molecular weight is 455 g/mol. The predicted octanol–water partition coefficient (Wildman–Crippen LogP) is 3.63. The van der Waals surface area contributed by atoms with Gasteiger partial charge in [0.05, 0.1) is 21.9 Å². The topological polar surface area (TPSA) is 103 Å². The van der Waals surface area contributed by atoms with Crippen molar-refractivity contribution in [1.82, 2.24) is 14.8 Å². The number of amides is 2. The molecule has 3 N–H and O–H groups in total. The lowest BCUT2D eigenvalue weighted by molar-refractivity contribution is -0.137. The van der Waals surface area contributed by atoms with E-state index in [2.05, 4.69) is 15.5 Å². The van der Waals surface area contributed by atoms with Gasteiger partial charge in [-0.15, -0.1) is 21.5 Å². The van der Waals surface area contributed by atoms with E-state index in [9.17, 15) is 22.8 Å². The molecule has 0 radical (unpaired) electrons. The van der Waals surface area contributed by atoms with Crippen LogP contribution in [0.1, 0.15) is 12.0 Å². The van der Waals surface area contributed by atoms with Crippen molar-refractivity contribution in [3.8, 4) is 10.7 Å². The monoisotopic (exact) mass is 455 g/mol. The number of para-hydroxylation sites is 1. The number of nitrogens with two attached hydrogens (primary N) is 1. The van der Waals surface area contributed by atoms with E-state index in [1.807, 2.05) is 17.5 Å². The summed E-state index contributed by atoms with van der Waals surface area (Å²) >= 11 is 2.44. The molecule has 30 heavy (non-hydrogen) atoms. The number of alkyl halides is 3. The minimum Gasteiger partial charge on any atom is -0.370 e. The highest BCUT2D eigenvalue weighted by atomic mass is 32.2. The van der Waals surface area contributed by atoms with Crippen LogP contribution in [0.4, 0.5) is 18.9 Å². The van der Waals surface area contributed by atoms with Crippen LogP contribution in [0.25, 0.3) is 10.7 Å². The third-order valence-corrected chi connectivity index (χ3v) is 5.71. The van der Waals surface area contributed by atoms with E-state index in [1.54, 1.807) is 4.57 Å². The Kier molecular flexibility index (Phi) is 6.77. The molecule has 3 rings (SSSR count). The molecule has 1 aromatic carbocycles. The van der Waals surface area contributed by atoms with Crippen LogP contribution >= 0.6 is 23.1 Å². The SMILES string of the molecule is NC(=O)CCn1c(SCC(=O)Nc2ccccc2C(F)(F)F)nnc1-c1cccs1. The molecule has 0 saturated heterocycles. The average Bonchev–Trinajstić information content (AvgIpc) is 3.33. The Hall–Kier alpha value is -2.86. The molecular weight excluding hydrogens is 439 g/mol. The number of nitrogens with zero attached hydrogens (tertiary/aromatic N) is 3. The number of aromatic nitrogens is 3. The summed E-state index contributed by atoms with van der Waals surface area (Å²) in [6.07, 6.45) is -4.53. The zero-order valence-electron chi connectivity index (χ0n) is 15.3. The summed E-state index contributed by atoms with van der Waals surface area (Å²) < 4.78 is 40.9. The fourth-order valence-corrected chi connectivity index (χ4v) is 4.04. The number of hydrogen-bond acceptors (Lipinski definition) is 6. The maximum Gasteiger partial charge on any atom is 0.418 e. The second kappa shape index (κ2) is 9.30. The lowest BCUT2D eigenvalue weighted by Gasteiger charge is -2.13. The standard InChI is InChI=1S/C18H16F3N5O2S2/c19-18(20,21)11-4-1-2-5-12(11)23-15(28)10-30-17-25-24-16(13-6-3-9-29-13)26(17)8-7-14(22)27/h1-6,9H,7-8,10H2,(H2,22,27)(H,23,28). The van der Waals surface area contributed by atoms with Crippen LogP contribution in [0.5, 0.6) is 0 Å².